The zero-order chi connectivity index (χ0) is 28.1. The van der Waals surface area contributed by atoms with E-state index in [2.05, 4.69) is 9.69 Å². The number of benzene rings is 2. The van der Waals surface area contributed by atoms with E-state index in [0.29, 0.717) is 22.7 Å². The van der Waals surface area contributed by atoms with E-state index < -0.39 is 17.9 Å². The van der Waals surface area contributed by atoms with Crippen LogP contribution in [0.5, 0.6) is 11.5 Å². The predicted molar refractivity (Wildman–Crippen MR) is 150 cm³/mol. The molecule has 1 aromatic heterocycles. The molecule has 1 saturated carbocycles. The third-order valence-electron chi connectivity index (χ3n) is 6.87. The first-order valence-corrected chi connectivity index (χ1v) is 13.5. The fourth-order valence-electron chi connectivity index (χ4n) is 4.80. The van der Waals surface area contributed by atoms with Gasteiger partial charge >= 0.3 is 0 Å². The van der Waals surface area contributed by atoms with Crippen molar-refractivity contribution in [3.05, 3.63) is 64.2 Å². The lowest BCUT2D eigenvalue weighted by molar-refractivity contribution is -0.123. The van der Waals surface area contributed by atoms with E-state index in [4.69, 9.17) is 20.9 Å². The number of anilines is 2. The highest BCUT2D eigenvalue weighted by molar-refractivity contribution is 7.09. The second kappa shape index (κ2) is 12.2. The van der Waals surface area contributed by atoms with Gasteiger partial charge in [-0.25, -0.2) is 0 Å². The minimum atomic E-state index is -1.10. The smallest absolute Gasteiger partial charge is 0.273 e. The number of nitrogens with zero attached hydrogens (tertiary/aromatic N) is 2. The molecule has 0 bridgehead atoms. The summed E-state index contributed by atoms with van der Waals surface area (Å²) >= 11 is 0.769. The molecule has 1 atom stereocenters. The Balaban J connectivity index is 1.88. The van der Waals surface area contributed by atoms with Crippen molar-refractivity contribution in [1.82, 2.24) is 9.69 Å². The molecule has 39 heavy (non-hydrogen) atoms. The number of aromatic nitrogens is 1. The van der Waals surface area contributed by atoms with Crippen LogP contribution >= 0.6 is 11.5 Å². The summed E-state index contributed by atoms with van der Waals surface area (Å²) in [7, 11) is 3.03. The maximum absolute atomic E-state index is 14.2. The van der Waals surface area contributed by atoms with Crippen molar-refractivity contribution in [3.63, 3.8) is 0 Å². The van der Waals surface area contributed by atoms with Gasteiger partial charge in [0.2, 0.25) is 5.91 Å². The summed E-state index contributed by atoms with van der Waals surface area (Å²) in [5.74, 6) is -0.869. The van der Waals surface area contributed by atoms with Crippen molar-refractivity contribution in [2.75, 3.05) is 24.9 Å². The number of carbonyl (C=O) groups is 3. The topological polar surface area (TPSA) is 150 Å². The van der Waals surface area contributed by atoms with E-state index >= 15 is 0 Å². The average Bonchev–Trinajstić information content (AvgIpc) is 3.33. The van der Waals surface area contributed by atoms with E-state index in [1.165, 1.54) is 19.1 Å². The quantitative estimate of drug-likeness (QED) is 0.364. The molecule has 3 amide bonds. The van der Waals surface area contributed by atoms with Gasteiger partial charge in [0.25, 0.3) is 11.8 Å². The SMILES string of the molecule is COc1ccc([C@@H](C(=O)NC2CCCCC2)N(C(=O)c2snc(C(N)=O)c2N)c2ccc(C)cc2)cc1OC. The molecular weight excluding hydrogens is 518 g/mol. The fourth-order valence-corrected chi connectivity index (χ4v) is 5.54. The Labute approximate surface area is 231 Å². The molecule has 2 aromatic carbocycles. The van der Waals surface area contributed by atoms with Gasteiger partial charge in [0.1, 0.15) is 10.9 Å². The van der Waals surface area contributed by atoms with Crippen LogP contribution in [0.25, 0.3) is 0 Å². The summed E-state index contributed by atoms with van der Waals surface area (Å²) in [5.41, 5.74) is 13.2. The number of rotatable bonds is 9. The number of primary amides is 1. The Bertz CT molecular complexity index is 1350. The second-order valence-corrected chi connectivity index (χ2v) is 10.3. The van der Waals surface area contributed by atoms with E-state index in [9.17, 15) is 14.4 Å². The van der Waals surface area contributed by atoms with Crippen molar-refractivity contribution < 1.29 is 23.9 Å². The first kappa shape index (κ1) is 27.9. The molecule has 0 saturated heterocycles. The summed E-state index contributed by atoms with van der Waals surface area (Å²) in [6.07, 6.45) is 4.92. The minimum Gasteiger partial charge on any atom is -0.493 e. The van der Waals surface area contributed by atoms with Crippen LogP contribution in [0.4, 0.5) is 11.4 Å². The van der Waals surface area contributed by atoms with Crippen LogP contribution < -0.4 is 31.2 Å². The molecule has 0 unspecified atom stereocenters. The lowest BCUT2D eigenvalue weighted by atomic mass is 9.94. The van der Waals surface area contributed by atoms with Gasteiger partial charge in [-0.05, 0) is 61.1 Å². The predicted octanol–water partition coefficient (Wildman–Crippen LogP) is 3.99. The Hall–Kier alpha value is -4.12. The zero-order valence-corrected chi connectivity index (χ0v) is 23.0. The fraction of sp³-hybridized carbons (Fsp3) is 0.357. The molecule has 1 aliphatic rings. The standard InChI is InChI=1S/C28H33N5O5S/c1-16-9-12-19(13-10-16)33(28(36)25-22(29)23(26(30)34)32-39-25)24(27(35)31-18-7-5-4-6-8-18)17-11-14-20(37-2)21(15-17)38-3/h9-15,18,24H,4-8,29H2,1-3H3,(H2,30,34)(H,31,35)/t24-/m0/s1. The molecule has 11 heteroatoms. The van der Waals surface area contributed by atoms with E-state index in [-0.39, 0.29) is 28.2 Å². The Morgan fingerprint density at radius 2 is 1.69 bits per heavy atom. The molecular formula is C28H33N5O5S. The summed E-state index contributed by atoms with van der Waals surface area (Å²) in [6.45, 7) is 1.93. The normalized spacial score (nSPS) is 14.3. The summed E-state index contributed by atoms with van der Waals surface area (Å²) in [4.78, 5) is 41.5. The lowest BCUT2D eigenvalue weighted by Gasteiger charge is -2.33. The molecule has 0 aliphatic heterocycles. The first-order valence-electron chi connectivity index (χ1n) is 12.7. The number of aryl methyl sites for hydroxylation is 1. The van der Waals surface area contributed by atoms with E-state index in [1.54, 1.807) is 30.3 Å². The number of amides is 3. The van der Waals surface area contributed by atoms with Crippen molar-refractivity contribution in [1.29, 1.82) is 0 Å². The van der Waals surface area contributed by atoms with Crippen LogP contribution in [0, 0.1) is 6.92 Å². The van der Waals surface area contributed by atoms with Crippen LogP contribution in [0.2, 0.25) is 0 Å². The molecule has 10 nitrogen and oxygen atoms in total. The highest BCUT2D eigenvalue weighted by Crippen LogP contribution is 2.37. The molecule has 0 spiro atoms. The molecule has 1 fully saturated rings. The number of hydrogen-bond donors (Lipinski definition) is 3. The van der Waals surface area contributed by atoms with E-state index in [1.807, 2.05) is 19.1 Å². The minimum absolute atomic E-state index is 0.00111. The van der Waals surface area contributed by atoms with Gasteiger partial charge in [-0.2, -0.15) is 4.37 Å². The van der Waals surface area contributed by atoms with Crippen LogP contribution in [0.1, 0.15) is 69.4 Å². The van der Waals surface area contributed by atoms with Gasteiger partial charge < -0.3 is 26.3 Å². The van der Waals surface area contributed by atoms with Crippen molar-refractivity contribution >= 4 is 40.6 Å². The van der Waals surface area contributed by atoms with Gasteiger partial charge in [0.05, 0.1) is 19.9 Å². The molecule has 3 aromatic rings. The highest BCUT2D eigenvalue weighted by atomic mass is 32.1. The number of nitrogens with two attached hydrogens (primary N) is 2. The highest BCUT2D eigenvalue weighted by Gasteiger charge is 2.37. The molecule has 4 rings (SSSR count). The number of ether oxygens (including phenoxy) is 2. The van der Waals surface area contributed by atoms with Crippen LogP contribution in [0.3, 0.4) is 0 Å². The number of carbonyl (C=O) groups excluding carboxylic acids is 3. The lowest BCUT2D eigenvalue weighted by Crippen LogP contribution is -2.47. The Morgan fingerprint density at radius 1 is 1.03 bits per heavy atom. The molecule has 5 N–H and O–H groups in total. The number of methoxy groups -OCH3 is 2. The zero-order valence-electron chi connectivity index (χ0n) is 22.2. The van der Waals surface area contributed by atoms with Gasteiger partial charge in [0, 0.05) is 11.7 Å². The second-order valence-electron chi connectivity index (χ2n) is 9.51. The van der Waals surface area contributed by atoms with Crippen molar-refractivity contribution in [2.24, 2.45) is 5.73 Å². The van der Waals surface area contributed by atoms with Crippen LogP contribution in [0.15, 0.2) is 42.5 Å². The third-order valence-corrected chi connectivity index (χ3v) is 7.72. The average molecular weight is 552 g/mol. The first-order chi connectivity index (χ1) is 18.7. The van der Waals surface area contributed by atoms with Crippen molar-refractivity contribution in [2.45, 2.75) is 51.1 Å². The third kappa shape index (κ3) is 5.98. The number of nitrogen functional groups attached to an aromatic ring is 1. The van der Waals surface area contributed by atoms with Crippen LogP contribution in [-0.4, -0.2) is 42.4 Å². The Morgan fingerprint density at radius 3 is 2.28 bits per heavy atom. The van der Waals surface area contributed by atoms with Gasteiger partial charge in [-0.1, -0.05) is 43.0 Å². The van der Waals surface area contributed by atoms with Gasteiger partial charge in [-0.3, -0.25) is 19.3 Å². The molecule has 1 aliphatic carbocycles. The number of nitrogens with one attached hydrogen (secondary N) is 1. The van der Waals surface area contributed by atoms with Gasteiger partial charge in [0.15, 0.2) is 17.2 Å². The van der Waals surface area contributed by atoms with Crippen LogP contribution in [-0.2, 0) is 4.79 Å². The Kier molecular flexibility index (Phi) is 8.70. The molecule has 1 heterocycles. The summed E-state index contributed by atoms with van der Waals surface area (Å²) in [6, 6.07) is 11.2. The monoisotopic (exact) mass is 551 g/mol. The van der Waals surface area contributed by atoms with Crippen molar-refractivity contribution in [3.8, 4) is 11.5 Å². The molecule has 206 valence electrons. The number of hydrogen-bond acceptors (Lipinski definition) is 8. The summed E-state index contributed by atoms with van der Waals surface area (Å²) in [5, 5.41) is 3.17. The maximum atomic E-state index is 14.2. The largest absolute Gasteiger partial charge is 0.493 e. The van der Waals surface area contributed by atoms with Gasteiger partial charge in [-0.15, -0.1) is 0 Å². The summed E-state index contributed by atoms with van der Waals surface area (Å²) < 4.78 is 14.9. The molecule has 0 radical (unpaired) electrons. The maximum Gasteiger partial charge on any atom is 0.273 e. The van der Waals surface area contributed by atoms with E-state index in [0.717, 1.165) is 49.2 Å².